The lowest BCUT2D eigenvalue weighted by atomic mass is 10.2. The summed E-state index contributed by atoms with van der Waals surface area (Å²) in [5.41, 5.74) is 6.76. The standard InChI is InChI=1S/C12H21N3S/c13-6-5-12-14-11(10-16-12)9-15-7-3-1-2-4-8-15/h10H,1-9,13H2. The third-order valence-electron chi connectivity index (χ3n) is 3.04. The van der Waals surface area contributed by atoms with E-state index in [1.807, 2.05) is 0 Å². The zero-order valence-corrected chi connectivity index (χ0v) is 10.6. The number of likely N-dealkylation sites (tertiary alicyclic amines) is 1. The number of nitrogens with zero attached hydrogens (tertiary/aromatic N) is 2. The van der Waals surface area contributed by atoms with Crippen molar-refractivity contribution >= 4 is 11.3 Å². The molecule has 0 bridgehead atoms. The van der Waals surface area contributed by atoms with Crippen LogP contribution in [0.15, 0.2) is 5.38 Å². The molecule has 0 saturated carbocycles. The third-order valence-corrected chi connectivity index (χ3v) is 4.00. The van der Waals surface area contributed by atoms with Gasteiger partial charge in [-0.25, -0.2) is 4.98 Å². The van der Waals surface area contributed by atoms with Gasteiger partial charge in [0.15, 0.2) is 0 Å². The average molecular weight is 239 g/mol. The highest BCUT2D eigenvalue weighted by Gasteiger charge is 2.11. The van der Waals surface area contributed by atoms with Crippen molar-refractivity contribution in [2.75, 3.05) is 19.6 Å². The Bertz CT molecular complexity index is 303. The SMILES string of the molecule is NCCc1nc(CN2CCCCCC2)cs1. The Balaban J connectivity index is 1.86. The summed E-state index contributed by atoms with van der Waals surface area (Å²) < 4.78 is 0. The highest BCUT2D eigenvalue weighted by atomic mass is 32.1. The Morgan fingerprint density at radius 2 is 2.00 bits per heavy atom. The molecular weight excluding hydrogens is 218 g/mol. The Hall–Kier alpha value is -0.450. The highest BCUT2D eigenvalue weighted by molar-refractivity contribution is 7.09. The van der Waals surface area contributed by atoms with Crippen LogP contribution in [0.5, 0.6) is 0 Å². The molecule has 0 atom stereocenters. The van der Waals surface area contributed by atoms with Crippen molar-refractivity contribution in [3.63, 3.8) is 0 Å². The van der Waals surface area contributed by atoms with E-state index in [9.17, 15) is 0 Å². The topological polar surface area (TPSA) is 42.1 Å². The molecule has 1 aromatic heterocycles. The highest BCUT2D eigenvalue weighted by Crippen LogP contribution is 2.15. The van der Waals surface area contributed by atoms with Gasteiger partial charge in [0.1, 0.15) is 0 Å². The molecule has 1 saturated heterocycles. The van der Waals surface area contributed by atoms with Gasteiger partial charge < -0.3 is 5.73 Å². The molecule has 1 aliphatic rings. The first kappa shape index (κ1) is 12.0. The monoisotopic (exact) mass is 239 g/mol. The molecule has 90 valence electrons. The van der Waals surface area contributed by atoms with Gasteiger partial charge in [0.05, 0.1) is 10.7 Å². The Morgan fingerprint density at radius 3 is 2.69 bits per heavy atom. The van der Waals surface area contributed by atoms with Crippen LogP contribution in [0.25, 0.3) is 0 Å². The minimum Gasteiger partial charge on any atom is -0.330 e. The third kappa shape index (κ3) is 3.54. The first-order chi connectivity index (χ1) is 7.88. The summed E-state index contributed by atoms with van der Waals surface area (Å²) in [5.74, 6) is 0. The van der Waals surface area contributed by atoms with Crippen LogP contribution in [0.1, 0.15) is 36.4 Å². The summed E-state index contributed by atoms with van der Waals surface area (Å²) >= 11 is 1.75. The number of rotatable bonds is 4. The maximum absolute atomic E-state index is 5.53. The van der Waals surface area contributed by atoms with Gasteiger partial charge >= 0.3 is 0 Å². The molecule has 0 radical (unpaired) electrons. The zero-order valence-electron chi connectivity index (χ0n) is 9.82. The molecule has 3 nitrogen and oxygen atoms in total. The van der Waals surface area contributed by atoms with Crippen LogP contribution in [0.4, 0.5) is 0 Å². The number of hydrogen-bond acceptors (Lipinski definition) is 4. The molecule has 2 N–H and O–H groups in total. The maximum Gasteiger partial charge on any atom is 0.0941 e. The van der Waals surface area contributed by atoms with Crippen molar-refractivity contribution < 1.29 is 0 Å². The summed E-state index contributed by atoms with van der Waals surface area (Å²) in [6.45, 7) is 4.21. The van der Waals surface area contributed by atoms with E-state index in [4.69, 9.17) is 5.73 Å². The molecule has 4 heteroatoms. The van der Waals surface area contributed by atoms with Crippen molar-refractivity contribution in [1.82, 2.24) is 9.88 Å². The Kier molecular flexibility index (Phi) is 4.75. The summed E-state index contributed by atoms with van der Waals surface area (Å²) in [5, 5.41) is 3.38. The second kappa shape index (κ2) is 6.33. The van der Waals surface area contributed by atoms with Crippen molar-refractivity contribution in [3.05, 3.63) is 16.1 Å². The van der Waals surface area contributed by atoms with E-state index >= 15 is 0 Å². The smallest absolute Gasteiger partial charge is 0.0941 e. The zero-order chi connectivity index (χ0) is 11.2. The maximum atomic E-state index is 5.53. The lowest BCUT2D eigenvalue weighted by Gasteiger charge is -2.17. The van der Waals surface area contributed by atoms with Crippen molar-refractivity contribution in [1.29, 1.82) is 0 Å². The van der Waals surface area contributed by atoms with Gasteiger partial charge in [-0.15, -0.1) is 11.3 Å². The molecule has 0 aromatic carbocycles. The van der Waals surface area contributed by atoms with E-state index in [-0.39, 0.29) is 0 Å². The largest absolute Gasteiger partial charge is 0.330 e. The normalized spacial score (nSPS) is 18.6. The molecule has 0 spiro atoms. The Morgan fingerprint density at radius 1 is 1.25 bits per heavy atom. The van der Waals surface area contributed by atoms with Gasteiger partial charge in [-0.1, -0.05) is 12.8 Å². The fourth-order valence-corrected chi connectivity index (χ4v) is 2.99. The van der Waals surface area contributed by atoms with Gasteiger partial charge in [0.2, 0.25) is 0 Å². The van der Waals surface area contributed by atoms with Crippen LogP contribution in [0, 0.1) is 0 Å². The first-order valence-corrected chi connectivity index (χ1v) is 7.12. The van der Waals surface area contributed by atoms with E-state index in [1.54, 1.807) is 11.3 Å². The van der Waals surface area contributed by atoms with Crippen LogP contribution >= 0.6 is 11.3 Å². The molecule has 0 aliphatic carbocycles. The summed E-state index contributed by atoms with van der Waals surface area (Å²) in [6, 6.07) is 0. The molecule has 0 amide bonds. The Labute approximate surface area is 102 Å². The molecule has 0 unspecified atom stereocenters. The van der Waals surface area contributed by atoms with Crippen LogP contribution in [-0.2, 0) is 13.0 Å². The summed E-state index contributed by atoms with van der Waals surface area (Å²) in [6.07, 6.45) is 6.40. The summed E-state index contributed by atoms with van der Waals surface area (Å²) in [4.78, 5) is 7.16. The van der Waals surface area contributed by atoms with Crippen LogP contribution in [0.3, 0.4) is 0 Å². The minimum absolute atomic E-state index is 0.705. The van der Waals surface area contributed by atoms with E-state index in [0.717, 1.165) is 13.0 Å². The van der Waals surface area contributed by atoms with Crippen molar-refractivity contribution in [2.45, 2.75) is 38.6 Å². The number of thiazole rings is 1. The molecule has 2 heterocycles. The number of hydrogen-bond donors (Lipinski definition) is 1. The predicted octanol–water partition coefficient (Wildman–Crippen LogP) is 2.02. The molecule has 1 fully saturated rings. The van der Waals surface area contributed by atoms with E-state index in [1.165, 1.54) is 49.5 Å². The number of aromatic nitrogens is 1. The van der Waals surface area contributed by atoms with Crippen LogP contribution in [-0.4, -0.2) is 29.5 Å². The fraction of sp³-hybridized carbons (Fsp3) is 0.750. The fourth-order valence-electron chi connectivity index (χ4n) is 2.18. The van der Waals surface area contributed by atoms with Gasteiger partial charge in [0.25, 0.3) is 0 Å². The van der Waals surface area contributed by atoms with Crippen molar-refractivity contribution in [3.8, 4) is 0 Å². The van der Waals surface area contributed by atoms with Gasteiger partial charge in [-0.2, -0.15) is 0 Å². The summed E-state index contributed by atoms with van der Waals surface area (Å²) in [7, 11) is 0. The van der Waals surface area contributed by atoms with E-state index < -0.39 is 0 Å². The van der Waals surface area contributed by atoms with Gasteiger partial charge in [0, 0.05) is 18.3 Å². The van der Waals surface area contributed by atoms with Gasteiger partial charge in [-0.3, -0.25) is 4.90 Å². The van der Waals surface area contributed by atoms with Crippen LogP contribution in [0.2, 0.25) is 0 Å². The second-order valence-electron chi connectivity index (χ2n) is 4.46. The van der Waals surface area contributed by atoms with E-state index in [0.29, 0.717) is 6.54 Å². The average Bonchev–Trinajstić information content (AvgIpc) is 2.56. The lowest BCUT2D eigenvalue weighted by Crippen LogP contribution is -2.24. The molecule has 2 rings (SSSR count). The van der Waals surface area contributed by atoms with Crippen molar-refractivity contribution in [2.24, 2.45) is 5.73 Å². The number of nitrogens with two attached hydrogens (primary N) is 1. The molecule has 16 heavy (non-hydrogen) atoms. The molecular formula is C12H21N3S. The minimum atomic E-state index is 0.705. The van der Waals surface area contributed by atoms with Gasteiger partial charge in [-0.05, 0) is 32.5 Å². The quantitative estimate of drug-likeness (QED) is 0.874. The predicted molar refractivity (Wildman–Crippen MR) is 68.6 cm³/mol. The lowest BCUT2D eigenvalue weighted by molar-refractivity contribution is 0.274. The second-order valence-corrected chi connectivity index (χ2v) is 5.40. The molecule has 1 aromatic rings. The first-order valence-electron chi connectivity index (χ1n) is 6.24. The molecule has 1 aliphatic heterocycles. The van der Waals surface area contributed by atoms with Crippen LogP contribution < -0.4 is 5.73 Å². The van der Waals surface area contributed by atoms with E-state index in [2.05, 4.69) is 15.3 Å².